The molecule has 1 aromatic rings. The van der Waals surface area contributed by atoms with Crippen molar-refractivity contribution in [3.05, 3.63) is 42.5 Å². The predicted octanol–water partition coefficient (Wildman–Crippen LogP) is 2.54. The minimum Gasteiger partial charge on any atom is -0.497 e. The second-order valence-corrected chi connectivity index (χ2v) is 4.17. The van der Waals surface area contributed by atoms with E-state index >= 15 is 0 Å². The van der Waals surface area contributed by atoms with Crippen LogP contribution < -0.4 is 4.74 Å². The van der Waals surface area contributed by atoms with E-state index in [0.29, 0.717) is 0 Å². The summed E-state index contributed by atoms with van der Waals surface area (Å²) in [6.07, 6.45) is 3.44. The lowest BCUT2D eigenvalue weighted by atomic mass is 10.0. The molecule has 0 spiro atoms. The molecule has 3 heteroatoms. The Hall–Kier alpha value is -1.77. The number of amides is 1. The molecule has 1 atom stereocenters. The first kappa shape index (κ1) is 11.7. The predicted molar refractivity (Wildman–Crippen MR) is 66.9 cm³/mol. The summed E-state index contributed by atoms with van der Waals surface area (Å²) in [4.78, 5) is 13.6. The zero-order chi connectivity index (χ0) is 12.3. The molecular formula is C14H17NO2. The van der Waals surface area contributed by atoms with Crippen molar-refractivity contribution in [2.75, 3.05) is 13.7 Å². The minimum absolute atomic E-state index is 0.00956. The number of nitrogens with zero attached hydrogens (tertiary/aromatic N) is 1. The van der Waals surface area contributed by atoms with Crippen LogP contribution in [0.15, 0.2) is 36.9 Å². The molecule has 0 radical (unpaired) electrons. The average molecular weight is 231 g/mol. The Morgan fingerprint density at radius 3 is 3.12 bits per heavy atom. The highest BCUT2D eigenvalue weighted by Gasteiger charge is 2.28. The van der Waals surface area contributed by atoms with Crippen LogP contribution in [0.5, 0.6) is 5.75 Å². The van der Waals surface area contributed by atoms with Gasteiger partial charge in [-0.15, -0.1) is 0 Å². The van der Waals surface area contributed by atoms with E-state index in [9.17, 15) is 4.79 Å². The maximum absolute atomic E-state index is 11.7. The largest absolute Gasteiger partial charge is 0.497 e. The number of rotatable bonds is 3. The normalized spacial score (nSPS) is 19.1. The Balaban J connectivity index is 2.25. The molecule has 90 valence electrons. The summed E-state index contributed by atoms with van der Waals surface area (Å²) < 4.78 is 5.21. The van der Waals surface area contributed by atoms with Gasteiger partial charge in [-0.05, 0) is 36.6 Å². The molecule has 1 aliphatic heterocycles. The van der Waals surface area contributed by atoms with Gasteiger partial charge in [0.25, 0.3) is 0 Å². The van der Waals surface area contributed by atoms with E-state index in [-0.39, 0.29) is 11.9 Å². The molecule has 1 saturated heterocycles. The number of ether oxygens (including phenoxy) is 1. The number of carbonyl (C=O) groups excluding carboxylic acids is 1. The molecule has 0 bridgehead atoms. The first-order valence-electron chi connectivity index (χ1n) is 5.83. The fourth-order valence-corrected chi connectivity index (χ4v) is 2.34. The maximum Gasteiger partial charge on any atom is 0.246 e. The van der Waals surface area contributed by atoms with Crippen molar-refractivity contribution >= 4 is 5.91 Å². The van der Waals surface area contributed by atoms with Crippen LogP contribution in [0.25, 0.3) is 0 Å². The molecule has 1 aliphatic rings. The monoisotopic (exact) mass is 231 g/mol. The Morgan fingerprint density at radius 2 is 2.41 bits per heavy atom. The molecule has 2 rings (SSSR count). The molecule has 0 saturated carbocycles. The molecule has 0 aliphatic carbocycles. The topological polar surface area (TPSA) is 29.5 Å². The quantitative estimate of drug-likeness (QED) is 0.748. The second-order valence-electron chi connectivity index (χ2n) is 4.17. The number of benzene rings is 1. The molecule has 1 heterocycles. The summed E-state index contributed by atoms with van der Waals surface area (Å²) in [7, 11) is 1.65. The SMILES string of the molecule is C=CC(=O)N1CCC[C@@H]1c1cccc(OC)c1. The third kappa shape index (κ3) is 2.33. The first-order valence-corrected chi connectivity index (χ1v) is 5.83. The van der Waals surface area contributed by atoms with Gasteiger partial charge in [-0.25, -0.2) is 0 Å². The summed E-state index contributed by atoms with van der Waals surface area (Å²) in [5.74, 6) is 0.843. The van der Waals surface area contributed by atoms with Crippen molar-refractivity contribution in [1.29, 1.82) is 0 Å². The van der Waals surface area contributed by atoms with Crippen molar-refractivity contribution in [2.45, 2.75) is 18.9 Å². The van der Waals surface area contributed by atoms with Crippen LogP contribution in [0, 0.1) is 0 Å². The van der Waals surface area contributed by atoms with Gasteiger partial charge < -0.3 is 9.64 Å². The van der Waals surface area contributed by atoms with E-state index in [0.717, 1.165) is 30.7 Å². The van der Waals surface area contributed by atoms with Gasteiger partial charge in [0.15, 0.2) is 0 Å². The van der Waals surface area contributed by atoms with Crippen molar-refractivity contribution < 1.29 is 9.53 Å². The van der Waals surface area contributed by atoms with E-state index in [1.165, 1.54) is 6.08 Å². The van der Waals surface area contributed by atoms with E-state index in [2.05, 4.69) is 6.58 Å². The average Bonchev–Trinajstić information content (AvgIpc) is 2.87. The summed E-state index contributed by atoms with van der Waals surface area (Å²) in [6, 6.07) is 8.08. The summed E-state index contributed by atoms with van der Waals surface area (Å²) in [5, 5.41) is 0. The van der Waals surface area contributed by atoms with E-state index < -0.39 is 0 Å². The van der Waals surface area contributed by atoms with Crippen LogP contribution in [0.1, 0.15) is 24.4 Å². The Kier molecular flexibility index (Phi) is 3.47. The fourth-order valence-electron chi connectivity index (χ4n) is 2.34. The van der Waals surface area contributed by atoms with Gasteiger partial charge in [0.2, 0.25) is 5.91 Å². The van der Waals surface area contributed by atoms with Crippen LogP contribution in [-0.4, -0.2) is 24.5 Å². The lowest BCUT2D eigenvalue weighted by Gasteiger charge is -2.24. The molecule has 0 aromatic heterocycles. The first-order chi connectivity index (χ1) is 8.26. The van der Waals surface area contributed by atoms with E-state index in [1.807, 2.05) is 29.2 Å². The smallest absolute Gasteiger partial charge is 0.246 e. The maximum atomic E-state index is 11.7. The number of methoxy groups -OCH3 is 1. The fraction of sp³-hybridized carbons (Fsp3) is 0.357. The van der Waals surface area contributed by atoms with Gasteiger partial charge >= 0.3 is 0 Å². The second kappa shape index (κ2) is 5.04. The number of hydrogen-bond donors (Lipinski definition) is 0. The summed E-state index contributed by atoms with van der Waals surface area (Å²) >= 11 is 0. The molecular weight excluding hydrogens is 214 g/mol. The van der Waals surface area contributed by atoms with Crippen LogP contribution in [0.2, 0.25) is 0 Å². The van der Waals surface area contributed by atoms with Crippen LogP contribution >= 0.6 is 0 Å². The zero-order valence-electron chi connectivity index (χ0n) is 10.1. The lowest BCUT2D eigenvalue weighted by molar-refractivity contribution is -0.126. The number of carbonyl (C=O) groups is 1. The summed E-state index contributed by atoms with van der Waals surface area (Å²) in [5.41, 5.74) is 1.14. The van der Waals surface area contributed by atoms with E-state index in [4.69, 9.17) is 4.74 Å². The molecule has 0 unspecified atom stereocenters. The molecule has 1 amide bonds. The third-order valence-electron chi connectivity index (χ3n) is 3.19. The van der Waals surface area contributed by atoms with Crippen molar-refractivity contribution in [3.63, 3.8) is 0 Å². The molecule has 0 N–H and O–H groups in total. The highest BCUT2D eigenvalue weighted by Crippen LogP contribution is 2.33. The van der Waals surface area contributed by atoms with Gasteiger partial charge in [-0.2, -0.15) is 0 Å². The Labute approximate surface area is 102 Å². The van der Waals surface area contributed by atoms with Gasteiger partial charge in [0.05, 0.1) is 13.2 Å². The zero-order valence-corrected chi connectivity index (χ0v) is 10.1. The molecule has 1 fully saturated rings. The standard InChI is InChI=1S/C14H17NO2/c1-3-14(16)15-9-5-8-13(15)11-6-4-7-12(10-11)17-2/h3-4,6-7,10,13H,1,5,8-9H2,2H3/t13-/m1/s1. The summed E-state index contributed by atoms with van der Waals surface area (Å²) in [6.45, 7) is 4.36. The van der Waals surface area contributed by atoms with Gasteiger partial charge in [-0.3, -0.25) is 4.79 Å². The number of hydrogen-bond acceptors (Lipinski definition) is 2. The molecule has 1 aromatic carbocycles. The highest BCUT2D eigenvalue weighted by molar-refractivity contribution is 5.87. The van der Waals surface area contributed by atoms with Gasteiger partial charge in [0, 0.05) is 6.54 Å². The van der Waals surface area contributed by atoms with Gasteiger partial charge in [-0.1, -0.05) is 18.7 Å². The third-order valence-corrected chi connectivity index (χ3v) is 3.19. The Morgan fingerprint density at radius 1 is 1.59 bits per heavy atom. The van der Waals surface area contributed by atoms with Crippen LogP contribution in [0.4, 0.5) is 0 Å². The number of likely N-dealkylation sites (tertiary alicyclic amines) is 1. The van der Waals surface area contributed by atoms with Crippen molar-refractivity contribution in [2.24, 2.45) is 0 Å². The van der Waals surface area contributed by atoms with Crippen LogP contribution in [0.3, 0.4) is 0 Å². The lowest BCUT2D eigenvalue weighted by Crippen LogP contribution is -2.28. The van der Waals surface area contributed by atoms with Crippen LogP contribution in [-0.2, 0) is 4.79 Å². The van der Waals surface area contributed by atoms with Gasteiger partial charge in [0.1, 0.15) is 5.75 Å². The molecule has 17 heavy (non-hydrogen) atoms. The molecule has 3 nitrogen and oxygen atoms in total. The Bertz CT molecular complexity index is 428. The highest BCUT2D eigenvalue weighted by atomic mass is 16.5. The minimum atomic E-state index is 0.00956. The van der Waals surface area contributed by atoms with Crippen molar-refractivity contribution in [3.8, 4) is 5.75 Å². The van der Waals surface area contributed by atoms with E-state index in [1.54, 1.807) is 7.11 Å². The van der Waals surface area contributed by atoms with Crippen molar-refractivity contribution in [1.82, 2.24) is 4.90 Å².